The van der Waals surface area contributed by atoms with Crippen molar-refractivity contribution < 1.29 is 4.39 Å². The third-order valence-electron chi connectivity index (χ3n) is 2.56. The average Bonchev–Trinajstić information content (AvgIpc) is 2.41. The molecule has 5 heteroatoms. The molecule has 96 valence electrons. The number of anilines is 1. The van der Waals surface area contributed by atoms with Crippen LogP contribution < -0.4 is 5.32 Å². The average molecular weight is 340 g/mol. The predicted molar refractivity (Wildman–Crippen MR) is 77.5 cm³/mol. The highest BCUT2D eigenvalue weighted by atomic mass is 79.9. The molecule has 0 saturated heterocycles. The third-order valence-corrected chi connectivity index (χ3v) is 3.38. The van der Waals surface area contributed by atoms with E-state index in [4.69, 9.17) is 11.6 Å². The summed E-state index contributed by atoms with van der Waals surface area (Å²) in [5.41, 5.74) is 1.42. The molecule has 19 heavy (non-hydrogen) atoms. The fourth-order valence-corrected chi connectivity index (χ4v) is 2.05. The van der Waals surface area contributed by atoms with Crippen LogP contribution in [0, 0.1) is 17.1 Å². The van der Waals surface area contributed by atoms with E-state index in [0.717, 1.165) is 10.2 Å². The van der Waals surface area contributed by atoms with Crippen molar-refractivity contribution >= 4 is 33.2 Å². The van der Waals surface area contributed by atoms with Crippen LogP contribution in [0.2, 0.25) is 5.02 Å². The largest absolute Gasteiger partial charge is 0.366 e. The third kappa shape index (κ3) is 3.46. The minimum atomic E-state index is -0.584. The first kappa shape index (κ1) is 13.9. The molecular formula is C14H9BrClFN2. The fraction of sp³-hybridized carbons (Fsp3) is 0.0714. The molecule has 0 spiro atoms. The van der Waals surface area contributed by atoms with Gasteiger partial charge < -0.3 is 5.32 Å². The smallest absolute Gasteiger partial charge is 0.141 e. The van der Waals surface area contributed by atoms with E-state index in [0.29, 0.717) is 5.56 Å². The summed E-state index contributed by atoms with van der Waals surface area (Å²) in [4.78, 5) is 0. The van der Waals surface area contributed by atoms with Crippen LogP contribution in [0.5, 0.6) is 0 Å². The maximum Gasteiger partial charge on any atom is 0.141 e. The Balaban J connectivity index is 2.23. The standard InChI is InChI=1S/C14H9BrClFN2/c15-10-2-4-11(5-3-10)19-14(8-18)9-1-6-13(17)12(16)7-9/h1-7,14,19H. The van der Waals surface area contributed by atoms with E-state index in [2.05, 4.69) is 27.3 Å². The summed E-state index contributed by atoms with van der Waals surface area (Å²) < 4.78 is 14.1. The number of nitrogens with zero attached hydrogens (tertiary/aromatic N) is 1. The number of halogens is 3. The molecule has 0 heterocycles. The SMILES string of the molecule is N#CC(Nc1ccc(Br)cc1)c1ccc(F)c(Cl)c1. The van der Waals surface area contributed by atoms with Crippen molar-refractivity contribution in [3.05, 3.63) is 63.3 Å². The normalized spacial score (nSPS) is 11.7. The lowest BCUT2D eigenvalue weighted by molar-refractivity contribution is 0.627. The minimum absolute atomic E-state index is 0.00959. The summed E-state index contributed by atoms with van der Waals surface area (Å²) >= 11 is 9.06. The van der Waals surface area contributed by atoms with E-state index >= 15 is 0 Å². The summed E-state index contributed by atoms with van der Waals surface area (Å²) in [6.45, 7) is 0. The molecule has 0 aliphatic heterocycles. The van der Waals surface area contributed by atoms with Crippen molar-refractivity contribution in [1.29, 1.82) is 5.26 Å². The minimum Gasteiger partial charge on any atom is -0.366 e. The van der Waals surface area contributed by atoms with Crippen molar-refractivity contribution in [3.8, 4) is 6.07 Å². The summed E-state index contributed by atoms with van der Waals surface area (Å²) in [6, 6.07) is 13.2. The van der Waals surface area contributed by atoms with Gasteiger partial charge >= 0.3 is 0 Å². The monoisotopic (exact) mass is 338 g/mol. The van der Waals surface area contributed by atoms with Gasteiger partial charge in [-0.05, 0) is 42.0 Å². The zero-order valence-corrected chi connectivity index (χ0v) is 12.0. The first-order valence-electron chi connectivity index (χ1n) is 5.47. The van der Waals surface area contributed by atoms with Crippen LogP contribution >= 0.6 is 27.5 Å². The van der Waals surface area contributed by atoms with E-state index < -0.39 is 11.9 Å². The summed E-state index contributed by atoms with van der Waals surface area (Å²) in [5, 5.41) is 12.3. The molecular weight excluding hydrogens is 331 g/mol. The maximum atomic E-state index is 13.1. The van der Waals surface area contributed by atoms with E-state index in [1.165, 1.54) is 12.1 Å². The molecule has 2 nitrogen and oxygen atoms in total. The number of nitriles is 1. The Kier molecular flexibility index (Phi) is 4.41. The van der Waals surface area contributed by atoms with Crippen LogP contribution in [0.4, 0.5) is 10.1 Å². The van der Waals surface area contributed by atoms with Crippen molar-refractivity contribution in [2.24, 2.45) is 0 Å². The second kappa shape index (κ2) is 6.05. The van der Waals surface area contributed by atoms with Crippen LogP contribution in [0.3, 0.4) is 0 Å². The Labute approximate surface area is 123 Å². The highest BCUT2D eigenvalue weighted by molar-refractivity contribution is 9.10. The van der Waals surface area contributed by atoms with Crippen LogP contribution in [0.1, 0.15) is 11.6 Å². The molecule has 0 amide bonds. The van der Waals surface area contributed by atoms with Gasteiger partial charge in [0.25, 0.3) is 0 Å². The van der Waals surface area contributed by atoms with Crippen molar-refractivity contribution in [3.63, 3.8) is 0 Å². The Hall–Kier alpha value is -1.57. The molecule has 0 aliphatic rings. The van der Waals surface area contributed by atoms with Gasteiger partial charge in [0, 0.05) is 10.2 Å². The molecule has 1 unspecified atom stereocenters. The van der Waals surface area contributed by atoms with E-state index in [-0.39, 0.29) is 5.02 Å². The Bertz CT molecular complexity index is 622. The molecule has 0 fully saturated rings. The molecule has 2 aromatic rings. The lowest BCUT2D eigenvalue weighted by Gasteiger charge is -2.13. The van der Waals surface area contributed by atoms with E-state index in [1.54, 1.807) is 6.07 Å². The van der Waals surface area contributed by atoms with Crippen LogP contribution in [0.15, 0.2) is 46.9 Å². The molecule has 1 N–H and O–H groups in total. The van der Waals surface area contributed by atoms with Gasteiger partial charge in [0.1, 0.15) is 11.9 Å². The van der Waals surface area contributed by atoms with Gasteiger partial charge in [-0.25, -0.2) is 4.39 Å². The molecule has 2 rings (SSSR count). The van der Waals surface area contributed by atoms with Crippen LogP contribution in [-0.2, 0) is 0 Å². The highest BCUT2D eigenvalue weighted by Gasteiger charge is 2.12. The zero-order chi connectivity index (χ0) is 13.8. The molecule has 0 radical (unpaired) electrons. The highest BCUT2D eigenvalue weighted by Crippen LogP contribution is 2.24. The Morgan fingerprint density at radius 1 is 1.21 bits per heavy atom. The fourth-order valence-electron chi connectivity index (χ4n) is 1.59. The zero-order valence-electron chi connectivity index (χ0n) is 9.70. The molecule has 2 aromatic carbocycles. The number of benzene rings is 2. The van der Waals surface area contributed by atoms with Crippen molar-refractivity contribution in [2.75, 3.05) is 5.32 Å². The van der Waals surface area contributed by atoms with E-state index in [9.17, 15) is 9.65 Å². The summed E-state index contributed by atoms with van der Waals surface area (Å²) in [6.07, 6.45) is 0. The van der Waals surface area contributed by atoms with E-state index in [1.807, 2.05) is 24.3 Å². The topological polar surface area (TPSA) is 35.8 Å². The van der Waals surface area contributed by atoms with Crippen LogP contribution in [0.25, 0.3) is 0 Å². The first-order valence-corrected chi connectivity index (χ1v) is 6.64. The van der Waals surface area contributed by atoms with Crippen molar-refractivity contribution in [1.82, 2.24) is 0 Å². The Morgan fingerprint density at radius 3 is 2.47 bits per heavy atom. The van der Waals surface area contributed by atoms with Gasteiger partial charge in [0.2, 0.25) is 0 Å². The predicted octanol–water partition coefficient (Wildman–Crippen LogP) is 4.92. The van der Waals surface area contributed by atoms with Crippen molar-refractivity contribution in [2.45, 2.75) is 6.04 Å². The second-order valence-corrected chi connectivity index (χ2v) is 5.21. The van der Waals surface area contributed by atoms with Gasteiger partial charge in [0.05, 0.1) is 11.1 Å². The lowest BCUT2D eigenvalue weighted by atomic mass is 10.1. The van der Waals surface area contributed by atoms with Gasteiger partial charge in [0.15, 0.2) is 0 Å². The van der Waals surface area contributed by atoms with Gasteiger partial charge in [-0.15, -0.1) is 0 Å². The second-order valence-electron chi connectivity index (χ2n) is 3.89. The molecule has 0 bridgehead atoms. The molecule has 0 aromatic heterocycles. The maximum absolute atomic E-state index is 13.1. The number of rotatable bonds is 3. The number of nitrogens with one attached hydrogen (secondary N) is 1. The van der Waals surface area contributed by atoms with Gasteiger partial charge in [-0.3, -0.25) is 0 Å². The molecule has 0 saturated carbocycles. The first-order chi connectivity index (χ1) is 9.10. The Morgan fingerprint density at radius 2 is 1.89 bits per heavy atom. The van der Waals surface area contributed by atoms with Gasteiger partial charge in [-0.1, -0.05) is 33.6 Å². The summed E-state index contributed by atoms with van der Waals surface area (Å²) in [5.74, 6) is -0.495. The summed E-state index contributed by atoms with van der Waals surface area (Å²) in [7, 11) is 0. The number of hydrogen-bond donors (Lipinski definition) is 1. The van der Waals surface area contributed by atoms with Gasteiger partial charge in [-0.2, -0.15) is 5.26 Å². The van der Waals surface area contributed by atoms with Crippen LogP contribution in [-0.4, -0.2) is 0 Å². The molecule has 1 atom stereocenters. The number of hydrogen-bond acceptors (Lipinski definition) is 2. The molecule has 0 aliphatic carbocycles. The lowest BCUT2D eigenvalue weighted by Crippen LogP contribution is -2.08. The quantitative estimate of drug-likeness (QED) is 0.861.